The number of nitrogens with zero attached hydrogens (tertiary/aromatic N) is 2. The molecule has 0 bridgehead atoms. The standard InChI is InChI=1S/C23H21N3O3S/c1-3-4-5-21-25-26-23(30-21)24-22(28)16-9-7-15(8-10-16)20-13-18(27)17-12-14(2)6-11-19(17)29-20/h6-13H,3-5H2,1-2H3,(H,24,26,28). The van der Waals surface area contributed by atoms with Crippen LogP contribution in [0, 0.1) is 6.92 Å². The second-order valence-corrected chi connectivity index (χ2v) is 8.17. The van der Waals surface area contributed by atoms with E-state index in [1.807, 2.05) is 19.1 Å². The first-order valence-electron chi connectivity index (χ1n) is 9.82. The summed E-state index contributed by atoms with van der Waals surface area (Å²) in [6.07, 6.45) is 3.01. The molecule has 0 radical (unpaired) electrons. The number of amides is 1. The molecular formula is C23H21N3O3S. The molecule has 0 saturated carbocycles. The number of rotatable bonds is 6. The van der Waals surface area contributed by atoms with Crippen molar-refractivity contribution in [3.63, 3.8) is 0 Å². The Labute approximate surface area is 177 Å². The number of carbonyl (C=O) groups is 1. The normalized spacial score (nSPS) is 11.0. The van der Waals surface area contributed by atoms with E-state index in [1.54, 1.807) is 30.3 Å². The summed E-state index contributed by atoms with van der Waals surface area (Å²) >= 11 is 1.40. The molecule has 0 saturated heterocycles. The molecule has 4 aromatic rings. The fraction of sp³-hybridized carbons (Fsp3) is 0.217. The number of nitrogens with one attached hydrogen (secondary N) is 1. The van der Waals surface area contributed by atoms with E-state index < -0.39 is 0 Å². The average molecular weight is 420 g/mol. The first-order chi connectivity index (χ1) is 14.5. The van der Waals surface area contributed by atoms with Crippen molar-refractivity contribution in [3.05, 3.63) is 74.9 Å². The molecule has 0 aliphatic rings. The number of benzene rings is 2. The van der Waals surface area contributed by atoms with Crippen molar-refractivity contribution in [1.29, 1.82) is 0 Å². The van der Waals surface area contributed by atoms with Crippen LogP contribution in [0.5, 0.6) is 0 Å². The van der Waals surface area contributed by atoms with Crippen LogP contribution >= 0.6 is 11.3 Å². The third kappa shape index (κ3) is 4.31. The van der Waals surface area contributed by atoms with E-state index in [2.05, 4.69) is 22.4 Å². The molecule has 1 N–H and O–H groups in total. The van der Waals surface area contributed by atoms with E-state index in [0.717, 1.165) is 35.4 Å². The molecule has 6 nitrogen and oxygen atoms in total. The molecule has 7 heteroatoms. The van der Waals surface area contributed by atoms with Crippen molar-refractivity contribution >= 4 is 33.3 Å². The molecule has 152 valence electrons. The van der Waals surface area contributed by atoms with Crippen molar-refractivity contribution in [1.82, 2.24) is 10.2 Å². The maximum atomic E-state index is 12.5. The number of unbranched alkanes of at least 4 members (excludes halogenated alkanes) is 1. The molecule has 0 atom stereocenters. The van der Waals surface area contributed by atoms with E-state index in [9.17, 15) is 9.59 Å². The maximum Gasteiger partial charge on any atom is 0.257 e. The average Bonchev–Trinajstić information content (AvgIpc) is 3.20. The van der Waals surface area contributed by atoms with Crippen molar-refractivity contribution in [2.45, 2.75) is 33.1 Å². The van der Waals surface area contributed by atoms with Crippen molar-refractivity contribution < 1.29 is 9.21 Å². The zero-order chi connectivity index (χ0) is 21.1. The van der Waals surface area contributed by atoms with Gasteiger partial charge < -0.3 is 4.42 Å². The number of hydrogen-bond donors (Lipinski definition) is 1. The lowest BCUT2D eigenvalue weighted by Gasteiger charge is -2.05. The summed E-state index contributed by atoms with van der Waals surface area (Å²) in [6, 6.07) is 13.9. The number of aromatic nitrogens is 2. The highest BCUT2D eigenvalue weighted by Gasteiger charge is 2.12. The van der Waals surface area contributed by atoms with Crippen molar-refractivity contribution in [3.8, 4) is 11.3 Å². The van der Waals surface area contributed by atoms with Crippen LogP contribution < -0.4 is 10.7 Å². The SMILES string of the molecule is CCCCc1nnc(NC(=O)c2ccc(-c3cc(=O)c4cc(C)ccc4o3)cc2)s1. The predicted molar refractivity (Wildman–Crippen MR) is 119 cm³/mol. The highest BCUT2D eigenvalue weighted by Crippen LogP contribution is 2.24. The largest absolute Gasteiger partial charge is 0.456 e. The van der Waals surface area contributed by atoms with Crippen LogP contribution in [0.25, 0.3) is 22.3 Å². The Bertz CT molecular complexity index is 1260. The van der Waals surface area contributed by atoms with E-state index in [4.69, 9.17) is 4.42 Å². The minimum absolute atomic E-state index is 0.0908. The molecule has 4 rings (SSSR count). The molecule has 0 fully saturated rings. The Kier molecular flexibility index (Phi) is 5.72. The summed E-state index contributed by atoms with van der Waals surface area (Å²) in [4.78, 5) is 24.9. The van der Waals surface area contributed by atoms with Gasteiger partial charge in [-0.2, -0.15) is 0 Å². The lowest BCUT2D eigenvalue weighted by Crippen LogP contribution is -2.11. The highest BCUT2D eigenvalue weighted by molar-refractivity contribution is 7.15. The molecule has 2 aromatic carbocycles. The number of hydrogen-bond acceptors (Lipinski definition) is 6. The van der Waals surface area contributed by atoms with E-state index in [-0.39, 0.29) is 11.3 Å². The number of carbonyl (C=O) groups excluding carboxylic acids is 1. The van der Waals surface area contributed by atoms with E-state index >= 15 is 0 Å². The quantitative estimate of drug-likeness (QED) is 0.463. The second kappa shape index (κ2) is 8.59. The zero-order valence-electron chi connectivity index (χ0n) is 16.8. The predicted octanol–water partition coefficient (Wildman–Crippen LogP) is 5.21. The topological polar surface area (TPSA) is 85.1 Å². The van der Waals surface area contributed by atoms with Crippen LogP contribution in [-0.2, 0) is 6.42 Å². The Hall–Kier alpha value is -3.32. The number of fused-ring (bicyclic) bond motifs is 1. The summed E-state index contributed by atoms with van der Waals surface area (Å²) in [7, 11) is 0. The summed E-state index contributed by atoms with van der Waals surface area (Å²) in [5.74, 6) is 0.211. The Morgan fingerprint density at radius 2 is 1.90 bits per heavy atom. The minimum Gasteiger partial charge on any atom is -0.456 e. The lowest BCUT2D eigenvalue weighted by molar-refractivity contribution is 0.102. The van der Waals surface area contributed by atoms with Gasteiger partial charge >= 0.3 is 0 Å². The third-order valence-corrected chi connectivity index (χ3v) is 5.64. The van der Waals surface area contributed by atoms with Gasteiger partial charge in [0.25, 0.3) is 5.91 Å². The Balaban J connectivity index is 1.52. The molecule has 2 heterocycles. The summed E-state index contributed by atoms with van der Waals surface area (Å²) < 4.78 is 5.90. The molecule has 0 aliphatic heterocycles. The van der Waals surface area contributed by atoms with Gasteiger partial charge in [-0.05, 0) is 37.6 Å². The third-order valence-electron chi connectivity index (χ3n) is 4.75. The van der Waals surface area contributed by atoms with Crippen LogP contribution in [0.3, 0.4) is 0 Å². The second-order valence-electron chi connectivity index (χ2n) is 7.11. The summed E-state index contributed by atoms with van der Waals surface area (Å²) in [5.41, 5.74) is 2.67. The van der Waals surface area contributed by atoms with Gasteiger partial charge in [-0.15, -0.1) is 10.2 Å². The fourth-order valence-corrected chi connectivity index (χ4v) is 3.88. The molecule has 30 heavy (non-hydrogen) atoms. The van der Waals surface area contributed by atoms with Gasteiger partial charge in [0.15, 0.2) is 5.43 Å². The Morgan fingerprint density at radius 3 is 2.67 bits per heavy atom. The summed E-state index contributed by atoms with van der Waals surface area (Å²) in [6.45, 7) is 4.06. The maximum absolute atomic E-state index is 12.5. The lowest BCUT2D eigenvalue weighted by atomic mass is 10.1. The first-order valence-corrected chi connectivity index (χ1v) is 10.6. The van der Waals surface area contributed by atoms with Crippen LogP contribution in [-0.4, -0.2) is 16.1 Å². The molecule has 2 aromatic heterocycles. The van der Waals surface area contributed by atoms with Crippen LogP contribution in [0.15, 0.2) is 57.7 Å². The smallest absolute Gasteiger partial charge is 0.257 e. The van der Waals surface area contributed by atoms with Crippen LogP contribution in [0.1, 0.15) is 40.7 Å². The van der Waals surface area contributed by atoms with Crippen molar-refractivity contribution in [2.24, 2.45) is 0 Å². The van der Waals surface area contributed by atoms with Gasteiger partial charge in [0, 0.05) is 23.6 Å². The van der Waals surface area contributed by atoms with Gasteiger partial charge in [0.2, 0.25) is 5.13 Å². The van der Waals surface area contributed by atoms with Crippen molar-refractivity contribution in [2.75, 3.05) is 5.32 Å². The summed E-state index contributed by atoms with van der Waals surface area (Å²) in [5, 5.41) is 12.9. The fourth-order valence-electron chi connectivity index (χ4n) is 3.10. The number of anilines is 1. The van der Waals surface area contributed by atoms with Gasteiger partial charge in [-0.3, -0.25) is 14.9 Å². The van der Waals surface area contributed by atoms with Gasteiger partial charge in [-0.25, -0.2) is 0 Å². The van der Waals surface area contributed by atoms with Crippen LogP contribution in [0.4, 0.5) is 5.13 Å². The molecule has 0 unspecified atom stereocenters. The number of aryl methyl sites for hydroxylation is 2. The monoisotopic (exact) mass is 419 g/mol. The van der Waals surface area contributed by atoms with Crippen LogP contribution in [0.2, 0.25) is 0 Å². The highest BCUT2D eigenvalue weighted by atomic mass is 32.1. The molecule has 1 amide bonds. The van der Waals surface area contributed by atoms with Gasteiger partial charge in [0.1, 0.15) is 16.4 Å². The molecule has 0 spiro atoms. The van der Waals surface area contributed by atoms with E-state index in [1.165, 1.54) is 17.4 Å². The molecule has 0 aliphatic carbocycles. The Morgan fingerprint density at radius 1 is 1.10 bits per heavy atom. The van der Waals surface area contributed by atoms with Gasteiger partial charge in [0.05, 0.1) is 5.39 Å². The van der Waals surface area contributed by atoms with E-state index in [0.29, 0.717) is 27.4 Å². The first kappa shape index (κ1) is 20.0. The van der Waals surface area contributed by atoms with Gasteiger partial charge in [-0.1, -0.05) is 48.4 Å². The zero-order valence-corrected chi connectivity index (χ0v) is 17.6. The molecular weight excluding hydrogens is 398 g/mol. The minimum atomic E-state index is -0.254.